The minimum atomic E-state index is 0.149. The van der Waals surface area contributed by atoms with Crippen LogP contribution in [0.1, 0.15) is 24.4 Å². The fourth-order valence-electron chi connectivity index (χ4n) is 2.18. The standard InChI is InChI=1S/C15H16BrN3O/c1-10(17-9-13-5-6-18-19(13)2)15-8-11-7-12(16)3-4-14(11)20-15/h3-8,10,17H,9H2,1-2H3. The van der Waals surface area contributed by atoms with E-state index >= 15 is 0 Å². The molecule has 2 aromatic heterocycles. The Hall–Kier alpha value is -1.59. The molecule has 0 saturated heterocycles. The minimum Gasteiger partial charge on any atom is -0.459 e. The normalized spacial score (nSPS) is 12.9. The van der Waals surface area contributed by atoms with Crippen LogP contribution in [0, 0.1) is 0 Å². The van der Waals surface area contributed by atoms with E-state index in [0.717, 1.165) is 33.4 Å². The number of benzene rings is 1. The molecule has 1 aromatic carbocycles. The molecule has 104 valence electrons. The zero-order valence-electron chi connectivity index (χ0n) is 11.4. The van der Waals surface area contributed by atoms with Crippen molar-refractivity contribution in [2.24, 2.45) is 7.05 Å². The Kier molecular flexibility index (Phi) is 3.63. The highest BCUT2D eigenvalue weighted by atomic mass is 79.9. The first-order valence-electron chi connectivity index (χ1n) is 6.53. The molecule has 1 N–H and O–H groups in total. The fourth-order valence-corrected chi connectivity index (χ4v) is 2.56. The first-order chi connectivity index (χ1) is 9.63. The van der Waals surface area contributed by atoms with Crippen molar-refractivity contribution in [3.63, 3.8) is 0 Å². The quantitative estimate of drug-likeness (QED) is 0.790. The van der Waals surface area contributed by atoms with Gasteiger partial charge in [0, 0.05) is 29.6 Å². The summed E-state index contributed by atoms with van der Waals surface area (Å²) in [7, 11) is 1.94. The van der Waals surface area contributed by atoms with Crippen molar-refractivity contribution in [2.75, 3.05) is 0 Å². The van der Waals surface area contributed by atoms with Crippen LogP contribution in [0.5, 0.6) is 0 Å². The van der Waals surface area contributed by atoms with E-state index in [-0.39, 0.29) is 6.04 Å². The molecule has 1 unspecified atom stereocenters. The summed E-state index contributed by atoms with van der Waals surface area (Å²) in [5.41, 5.74) is 2.06. The van der Waals surface area contributed by atoms with Crippen molar-refractivity contribution in [3.05, 3.63) is 52.5 Å². The van der Waals surface area contributed by atoms with Crippen molar-refractivity contribution < 1.29 is 4.42 Å². The lowest BCUT2D eigenvalue weighted by molar-refractivity contribution is 0.445. The molecular formula is C15H16BrN3O. The van der Waals surface area contributed by atoms with Crippen LogP contribution >= 0.6 is 15.9 Å². The molecule has 3 aromatic rings. The average Bonchev–Trinajstić information content (AvgIpc) is 3.01. The molecule has 0 fully saturated rings. The second-order valence-electron chi connectivity index (χ2n) is 4.88. The van der Waals surface area contributed by atoms with Gasteiger partial charge < -0.3 is 9.73 Å². The maximum atomic E-state index is 5.88. The Labute approximate surface area is 125 Å². The second-order valence-corrected chi connectivity index (χ2v) is 5.80. The van der Waals surface area contributed by atoms with Gasteiger partial charge in [0.15, 0.2) is 0 Å². The Morgan fingerprint density at radius 3 is 2.95 bits per heavy atom. The summed E-state index contributed by atoms with van der Waals surface area (Å²) in [6.07, 6.45) is 1.81. The van der Waals surface area contributed by atoms with Gasteiger partial charge in [-0.15, -0.1) is 0 Å². The Bertz CT molecular complexity index is 732. The topological polar surface area (TPSA) is 43.0 Å². The smallest absolute Gasteiger partial charge is 0.134 e. The van der Waals surface area contributed by atoms with Crippen molar-refractivity contribution in [3.8, 4) is 0 Å². The summed E-state index contributed by atoms with van der Waals surface area (Å²) in [5.74, 6) is 0.945. The maximum absolute atomic E-state index is 5.88. The molecule has 0 aliphatic carbocycles. The van der Waals surface area contributed by atoms with Crippen LogP contribution in [0.4, 0.5) is 0 Å². The average molecular weight is 334 g/mol. The zero-order chi connectivity index (χ0) is 14.1. The lowest BCUT2D eigenvalue weighted by Gasteiger charge is -2.11. The van der Waals surface area contributed by atoms with Crippen LogP contribution < -0.4 is 5.32 Å². The maximum Gasteiger partial charge on any atom is 0.134 e. The molecule has 0 bridgehead atoms. The van der Waals surface area contributed by atoms with Gasteiger partial charge in [-0.05, 0) is 37.3 Å². The zero-order valence-corrected chi connectivity index (χ0v) is 13.0. The molecule has 0 aliphatic rings. The number of hydrogen-bond donors (Lipinski definition) is 1. The number of rotatable bonds is 4. The van der Waals surface area contributed by atoms with Gasteiger partial charge in [0.1, 0.15) is 11.3 Å². The van der Waals surface area contributed by atoms with Gasteiger partial charge in [-0.2, -0.15) is 5.10 Å². The van der Waals surface area contributed by atoms with Crippen LogP contribution in [0.25, 0.3) is 11.0 Å². The summed E-state index contributed by atoms with van der Waals surface area (Å²) in [6.45, 7) is 2.86. The lowest BCUT2D eigenvalue weighted by Crippen LogP contribution is -2.19. The highest BCUT2D eigenvalue weighted by molar-refractivity contribution is 9.10. The van der Waals surface area contributed by atoms with Gasteiger partial charge in [0.2, 0.25) is 0 Å². The summed E-state index contributed by atoms with van der Waals surface area (Å²) in [4.78, 5) is 0. The highest BCUT2D eigenvalue weighted by Gasteiger charge is 2.12. The number of nitrogens with one attached hydrogen (secondary N) is 1. The van der Waals surface area contributed by atoms with Gasteiger partial charge in [0.05, 0.1) is 11.7 Å². The molecule has 3 rings (SSSR count). The largest absolute Gasteiger partial charge is 0.459 e. The van der Waals surface area contributed by atoms with Gasteiger partial charge in [0.25, 0.3) is 0 Å². The summed E-state index contributed by atoms with van der Waals surface area (Å²) >= 11 is 3.48. The Morgan fingerprint density at radius 2 is 2.20 bits per heavy atom. The van der Waals surface area contributed by atoms with Gasteiger partial charge in [-0.25, -0.2) is 0 Å². The van der Waals surface area contributed by atoms with Crippen LogP contribution in [-0.4, -0.2) is 9.78 Å². The molecule has 20 heavy (non-hydrogen) atoms. The van der Waals surface area contributed by atoms with Crippen molar-refractivity contribution >= 4 is 26.9 Å². The van der Waals surface area contributed by atoms with E-state index in [4.69, 9.17) is 4.42 Å². The van der Waals surface area contributed by atoms with E-state index in [9.17, 15) is 0 Å². The van der Waals surface area contributed by atoms with Gasteiger partial charge in [-0.3, -0.25) is 4.68 Å². The van der Waals surface area contributed by atoms with Crippen molar-refractivity contribution in [1.82, 2.24) is 15.1 Å². The van der Waals surface area contributed by atoms with Crippen LogP contribution in [0.15, 0.2) is 45.4 Å². The molecule has 2 heterocycles. The van der Waals surface area contributed by atoms with E-state index in [1.165, 1.54) is 0 Å². The molecule has 1 atom stereocenters. The van der Waals surface area contributed by atoms with Crippen molar-refractivity contribution in [2.45, 2.75) is 19.5 Å². The van der Waals surface area contributed by atoms with E-state index < -0.39 is 0 Å². The van der Waals surface area contributed by atoms with Gasteiger partial charge in [-0.1, -0.05) is 15.9 Å². The monoisotopic (exact) mass is 333 g/mol. The summed E-state index contributed by atoms with van der Waals surface area (Å²) < 4.78 is 8.81. The summed E-state index contributed by atoms with van der Waals surface area (Å²) in [5, 5.41) is 8.73. The number of halogens is 1. The fraction of sp³-hybridized carbons (Fsp3) is 0.267. The Balaban J connectivity index is 1.75. The van der Waals surface area contributed by atoms with Crippen LogP contribution in [-0.2, 0) is 13.6 Å². The third-order valence-electron chi connectivity index (χ3n) is 3.44. The molecule has 0 saturated carbocycles. The number of hydrogen-bond acceptors (Lipinski definition) is 3. The number of fused-ring (bicyclic) bond motifs is 1. The molecule has 4 nitrogen and oxygen atoms in total. The molecular weight excluding hydrogens is 318 g/mol. The number of nitrogens with zero attached hydrogens (tertiary/aromatic N) is 2. The molecule has 0 aliphatic heterocycles. The van der Waals surface area contributed by atoms with E-state index in [1.54, 1.807) is 6.20 Å². The van der Waals surface area contributed by atoms with E-state index in [1.807, 2.05) is 29.9 Å². The van der Waals surface area contributed by atoms with Crippen molar-refractivity contribution in [1.29, 1.82) is 0 Å². The highest BCUT2D eigenvalue weighted by Crippen LogP contribution is 2.26. The first kappa shape index (κ1) is 13.4. The molecule has 0 amide bonds. The molecule has 5 heteroatoms. The number of furan rings is 1. The lowest BCUT2D eigenvalue weighted by atomic mass is 10.2. The predicted molar refractivity (Wildman–Crippen MR) is 82.4 cm³/mol. The third kappa shape index (κ3) is 2.64. The SMILES string of the molecule is CC(NCc1ccnn1C)c1cc2cc(Br)ccc2o1. The molecule has 0 radical (unpaired) electrons. The Morgan fingerprint density at radius 1 is 1.35 bits per heavy atom. The first-order valence-corrected chi connectivity index (χ1v) is 7.32. The number of aromatic nitrogens is 2. The minimum absolute atomic E-state index is 0.149. The van der Waals surface area contributed by atoms with Crippen LogP contribution in [0.2, 0.25) is 0 Å². The van der Waals surface area contributed by atoms with E-state index in [0.29, 0.717) is 0 Å². The number of aryl methyl sites for hydroxylation is 1. The van der Waals surface area contributed by atoms with Gasteiger partial charge >= 0.3 is 0 Å². The van der Waals surface area contributed by atoms with Crippen LogP contribution in [0.3, 0.4) is 0 Å². The predicted octanol–water partition coefficient (Wildman–Crippen LogP) is 3.78. The second kappa shape index (κ2) is 5.42. The molecule has 0 spiro atoms. The third-order valence-corrected chi connectivity index (χ3v) is 3.93. The summed E-state index contributed by atoms with van der Waals surface area (Å²) in [6, 6.07) is 10.3. The van der Waals surface area contributed by atoms with E-state index in [2.05, 4.69) is 45.4 Å².